The molecule has 41 heavy (non-hydrogen) atoms. The molecule has 4 aromatic rings. The molecule has 5 rings (SSSR count). The van der Waals surface area contributed by atoms with Crippen LogP contribution in [0.1, 0.15) is 16.7 Å². The monoisotopic (exact) mass is 606 g/mol. The number of carbonyl (C=O) groups is 3. The zero-order chi connectivity index (χ0) is 28.9. The highest BCUT2D eigenvalue weighted by molar-refractivity contribution is 6.39. The number of para-hydroxylation sites is 1. The number of rotatable bonds is 8. The summed E-state index contributed by atoms with van der Waals surface area (Å²) in [5, 5.41) is 3.82. The number of ether oxygens (including phenoxy) is 2. The van der Waals surface area contributed by atoms with Crippen molar-refractivity contribution in [3.8, 4) is 11.5 Å². The standard InChI is InChI=1S/C31H21Cl3N2O5/c32-22-8-5-19(6-9-22)17-40-25-13-11-24(12-14-25)36-30(38)26(29(37)35-31(36)39)15-20-3-1-2-4-28(20)41-18-21-7-10-23(33)16-27(21)34/h1-16H,17-18H2,(H,35,37,39)/b26-15+. The topological polar surface area (TPSA) is 84.9 Å². The highest BCUT2D eigenvalue weighted by Gasteiger charge is 2.37. The maximum absolute atomic E-state index is 13.4. The third kappa shape index (κ3) is 6.72. The van der Waals surface area contributed by atoms with Gasteiger partial charge in [0, 0.05) is 26.2 Å². The third-order valence-corrected chi connectivity index (χ3v) is 6.97. The van der Waals surface area contributed by atoms with Crippen LogP contribution in [0.2, 0.25) is 15.1 Å². The average molecular weight is 608 g/mol. The first kappa shape index (κ1) is 28.2. The van der Waals surface area contributed by atoms with Gasteiger partial charge in [-0.3, -0.25) is 14.9 Å². The fourth-order valence-corrected chi connectivity index (χ4v) is 4.60. The fraction of sp³-hybridized carbons (Fsp3) is 0.0645. The van der Waals surface area contributed by atoms with Crippen molar-refractivity contribution in [2.24, 2.45) is 0 Å². The first-order valence-corrected chi connectivity index (χ1v) is 13.5. The summed E-state index contributed by atoms with van der Waals surface area (Å²) in [6, 6.07) is 24.8. The predicted octanol–water partition coefficient (Wildman–Crippen LogP) is 7.47. The molecule has 0 radical (unpaired) electrons. The van der Waals surface area contributed by atoms with Crippen LogP contribution in [0.5, 0.6) is 11.5 Å². The number of urea groups is 1. The minimum absolute atomic E-state index is 0.132. The number of hydrogen-bond acceptors (Lipinski definition) is 5. The van der Waals surface area contributed by atoms with Gasteiger partial charge < -0.3 is 9.47 Å². The molecule has 0 aliphatic carbocycles. The normalized spacial score (nSPS) is 14.3. The van der Waals surface area contributed by atoms with E-state index in [9.17, 15) is 14.4 Å². The molecule has 0 bridgehead atoms. The highest BCUT2D eigenvalue weighted by Crippen LogP contribution is 2.28. The van der Waals surface area contributed by atoms with Gasteiger partial charge in [0.05, 0.1) is 5.69 Å². The lowest BCUT2D eigenvalue weighted by molar-refractivity contribution is -0.122. The van der Waals surface area contributed by atoms with Gasteiger partial charge in [-0.05, 0) is 66.2 Å². The Morgan fingerprint density at radius 1 is 0.756 bits per heavy atom. The van der Waals surface area contributed by atoms with Crippen LogP contribution in [0.15, 0.2) is 96.6 Å². The van der Waals surface area contributed by atoms with Crippen LogP contribution in [0.3, 0.4) is 0 Å². The summed E-state index contributed by atoms with van der Waals surface area (Å²) in [6.45, 7) is 0.445. The first-order valence-electron chi connectivity index (χ1n) is 12.3. The summed E-state index contributed by atoms with van der Waals surface area (Å²) in [7, 11) is 0. The van der Waals surface area contributed by atoms with E-state index in [0.29, 0.717) is 44.3 Å². The zero-order valence-electron chi connectivity index (χ0n) is 21.3. The predicted molar refractivity (Wildman–Crippen MR) is 158 cm³/mol. The minimum Gasteiger partial charge on any atom is -0.489 e. The molecule has 1 N–H and O–H groups in total. The van der Waals surface area contributed by atoms with Gasteiger partial charge in [0.15, 0.2) is 0 Å². The molecule has 1 heterocycles. The largest absolute Gasteiger partial charge is 0.489 e. The third-order valence-electron chi connectivity index (χ3n) is 6.13. The Hall–Kier alpha value is -4.30. The van der Waals surface area contributed by atoms with Crippen molar-refractivity contribution in [1.82, 2.24) is 5.32 Å². The number of halogens is 3. The number of benzene rings is 4. The molecule has 10 heteroatoms. The molecule has 0 unspecified atom stereocenters. The lowest BCUT2D eigenvalue weighted by Crippen LogP contribution is -2.54. The minimum atomic E-state index is -0.853. The van der Waals surface area contributed by atoms with Gasteiger partial charge in [0.25, 0.3) is 11.8 Å². The number of nitrogens with one attached hydrogen (secondary N) is 1. The Balaban J connectivity index is 1.33. The summed E-state index contributed by atoms with van der Waals surface area (Å²) in [5.41, 5.74) is 2.15. The first-order chi connectivity index (χ1) is 19.8. The number of imide groups is 2. The van der Waals surface area contributed by atoms with Crippen LogP contribution in [0.4, 0.5) is 10.5 Å². The van der Waals surface area contributed by atoms with E-state index in [4.69, 9.17) is 44.3 Å². The van der Waals surface area contributed by atoms with Crippen molar-refractivity contribution in [2.45, 2.75) is 13.2 Å². The van der Waals surface area contributed by atoms with Crippen molar-refractivity contribution < 1.29 is 23.9 Å². The van der Waals surface area contributed by atoms with E-state index in [1.54, 1.807) is 78.9 Å². The summed E-state index contributed by atoms with van der Waals surface area (Å²) >= 11 is 18.1. The smallest absolute Gasteiger partial charge is 0.335 e. The van der Waals surface area contributed by atoms with Gasteiger partial charge in [0.2, 0.25) is 0 Å². The van der Waals surface area contributed by atoms with Crippen molar-refractivity contribution in [3.05, 3.63) is 128 Å². The highest BCUT2D eigenvalue weighted by atomic mass is 35.5. The number of anilines is 1. The molecule has 206 valence electrons. The Morgan fingerprint density at radius 3 is 2.20 bits per heavy atom. The molecule has 0 spiro atoms. The van der Waals surface area contributed by atoms with Crippen molar-refractivity contribution >= 4 is 64.4 Å². The van der Waals surface area contributed by atoms with E-state index >= 15 is 0 Å². The number of nitrogens with zero attached hydrogens (tertiary/aromatic N) is 1. The van der Waals surface area contributed by atoms with Gasteiger partial charge in [0.1, 0.15) is 30.3 Å². The Labute approximate surface area is 250 Å². The second-order valence-corrected chi connectivity index (χ2v) is 10.2. The summed E-state index contributed by atoms with van der Waals surface area (Å²) in [4.78, 5) is 39.7. The maximum Gasteiger partial charge on any atom is 0.335 e. The summed E-state index contributed by atoms with van der Waals surface area (Å²) < 4.78 is 11.7. The van der Waals surface area contributed by atoms with Crippen molar-refractivity contribution in [1.29, 1.82) is 0 Å². The lowest BCUT2D eigenvalue weighted by Gasteiger charge is -2.26. The Bertz CT molecular complexity index is 1650. The van der Waals surface area contributed by atoms with Gasteiger partial charge >= 0.3 is 6.03 Å². The molecule has 1 aliphatic heterocycles. The van der Waals surface area contributed by atoms with E-state index in [1.807, 2.05) is 12.1 Å². The van der Waals surface area contributed by atoms with Crippen LogP contribution < -0.4 is 19.7 Å². The number of barbiturate groups is 1. The number of hydrogen-bond donors (Lipinski definition) is 1. The number of amides is 4. The molecular weight excluding hydrogens is 587 g/mol. The van der Waals surface area contributed by atoms with Crippen LogP contribution in [0, 0.1) is 0 Å². The zero-order valence-corrected chi connectivity index (χ0v) is 23.5. The lowest BCUT2D eigenvalue weighted by atomic mass is 10.1. The van der Waals surface area contributed by atoms with Crippen molar-refractivity contribution in [2.75, 3.05) is 4.90 Å². The van der Waals surface area contributed by atoms with E-state index in [2.05, 4.69) is 5.32 Å². The quantitative estimate of drug-likeness (QED) is 0.166. The SMILES string of the molecule is O=C1NC(=O)N(c2ccc(OCc3ccc(Cl)cc3)cc2)C(=O)/C1=C/c1ccccc1OCc1ccc(Cl)cc1Cl. The fourth-order valence-electron chi connectivity index (χ4n) is 4.01. The van der Waals surface area contributed by atoms with Crippen LogP contribution in [-0.2, 0) is 22.8 Å². The van der Waals surface area contributed by atoms with Gasteiger partial charge in [-0.25, -0.2) is 9.69 Å². The van der Waals surface area contributed by atoms with Gasteiger partial charge in [-0.15, -0.1) is 0 Å². The molecule has 1 saturated heterocycles. The summed E-state index contributed by atoms with van der Waals surface area (Å²) in [5.74, 6) is -0.636. The Morgan fingerprint density at radius 2 is 1.46 bits per heavy atom. The molecule has 1 fully saturated rings. The maximum atomic E-state index is 13.4. The second-order valence-electron chi connectivity index (χ2n) is 8.93. The molecule has 0 atom stereocenters. The average Bonchev–Trinajstić information content (AvgIpc) is 2.95. The molecule has 4 amide bonds. The van der Waals surface area contributed by atoms with E-state index < -0.39 is 17.8 Å². The van der Waals surface area contributed by atoms with Crippen LogP contribution in [-0.4, -0.2) is 17.8 Å². The molecule has 0 aromatic heterocycles. The molecular formula is C31H21Cl3N2O5. The molecule has 1 aliphatic rings. The van der Waals surface area contributed by atoms with E-state index in [0.717, 1.165) is 10.5 Å². The second kappa shape index (κ2) is 12.5. The van der Waals surface area contributed by atoms with E-state index in [1.165, 1.54) is 6.08 Å². The van der Waals surface area contributed by atoms with Crippen LogP contribution in [0.25, 0.3) is 6.08 Å². The van der Waals surface area contributed by atoms with Gasteiger partial charge in [-0.2, -0.15) is 0 Å². The van der Waals surface area contributed by atoms with Gasteiger partial charge in [-0.1, -0.05) is 71.2 Å². The molecule has 4 aromatic carbocycles. The number of carbonyl (C=O) groups excluding carboxylic acids is 3. The van der Waals surface area contributed by atoms with Crippen molar-refractivity contribution in [3.63, 3.8) is 0 Å². The Kier molecular flexibility index (Phi) is 8.59. The molecule has 0 saturated carbocycles. The van der Waals surface area contributed by atoms with Crippen LogP contribution >= 0.6 is 34.8 Å². The molecule has 7 nitrogen and oxygen atoms in total. The summed E-state index contributed by atoms with van der Waals surface area (Å²) in [6.07, 6.45) is 1.39. The van der Waals surface area contributed by atoms with E-state index in [-0.39, 0.29) is 17.9 Å².